The van der Waals surface area contributed by atoms with Crippen LogP contribution in [0.25, 0.3) is 16.9 Å². The van der Waals surface area contributed by atoms with Crippen LogP contribution in [0.3, 0.4) is 0 Å². The first-order valence-corrected chi connectivity index (χ1v) is 11.6. The summed E-state index contributed by atoms with van der Waals surface area (Å²) in [6.07, 6.45) is 1.81. The Morgan fingerprint density at radius 3 is 2.24 bits per heavy atom. The number of nitrogens with zero attached hydrogens (tertiary/aromatic N) is 4. The average Bonchev–Trinajstić information content (AvgIpc) is 3.33. The monoisotopic (exact) mass is 474 g/mol. The smallest absolute Gasteiger partial charge is 0.257 e. The zero-order valence-corrected chi connectivity index (χ0v) is 19.3. The van der Waals surface area contributed by atoms with Gasteiger partial charge in [-0.05, 0) is 24.3 Å². The molecule has 4 aromatic rings. The SMILES string of the molecule is O=C(c1cn(-c2ccccc2)nc1-c1ccccc1)N1CCN(Cc2c(F)cccc2Cl)CC1. The fraction of sp³-hybridized carbons (Fsp3) is 0.185. The summed E-state index contributed by atoms with van der Waals surface area (Å²) in [5.74, 6) is -0.351. The highest BCUT2D eigenvalue weighted by molar-refractivity contribution is 6.31. The molecule has 0 atom stereocenters. The normalized spacial score (nSPS) is 14.4. The van der Waals surface area contributed by atoms with Gasteiger partial charge < -0.3 is 4.90 Å². The molecule has 34 heavy (non-hydrogen) atoms. The molecule has 2 heterocycles. The highest BCUT2D eigenvalue weighted by Gasteiger charge is 2.27. The van der Waals surface area contributed by atoms with E-state index in [2.05, 4.69) is 4.90 Å². The van der Waals surface area contributed by atoms with Gasteiger partial charge in [-0.1, -0.05) is 66.2 Å². The van der Waals surface area contributed by atoms with Crippen molar-refractivity contribution in [3.8, 4) is 16.9 Å². The minimum absolute atomic E-state index is 0.0513. The first-order chi connectivity index (χ1) is 16.6. The summed E-state index contributed by atoms with van der Waals surface area (Å²) in [4.78, 5) is 17.6. The van der Waals surface area contributed by atoms with Gasteiger partial charge in [-0.3, -0.25) is 9.69 Å². The zero-order valence-electron chi connectivity index (χ0n) is 18.6. The van der Waals surface area contributed by atoms with E-state index < -0.39 is 0 Å². The van der Waals surface area contributed by atoms with Gasteiger partial charge in [0.1, 0.15) is 11.5 Å². The lowest BCUT2D eigenvalue weighted by atomic mass is 10.1. The van der Waals surface area contributed by atoms with Crippen molar-refractivity contribution in [2.75, 3.05) is 26.2 Å². The molecular weight excluding hydrogens is 451 g/mol. The molecule has 1 saturated heterocycles. The third-order valence-corrected chi connectivity index (χ3v) is 6.47. The lowest BCUT2D eigenvalue weighted by Gasteiger charge is -2.35. The van der Waals surface area contributed by atoms with Crippen molar-refractivity contribution in [3.05, 3.63) is 107 Å². The molecule has 7 heteroatoms. The van der Waals surface area contributed by atoms with Crippen molar-refractivity contribution in [2.24, 2.45) is 0 Å². The molecule has 3 aromatic carbocycles. The molecular formula is C27H24ClFN4O. The van der Waals surface area contributed by atoms with Crippen LogP contribution in [-0.2, 0) is 6.54 Å². The second-order valence-electron chi connectivity index (χ2n) is 8.31. The van der Waals surface area contributed by atoms with E-state index in [9.17, 15) is 9.18 Å². The molecule has 1 aliphatic heterocycles. The maximum atomic E-state index is 14.2. The molecule has 0 spiro atoms. The third-order valence-electron chi connectivity index (χ3n) is 6.12. The minimum Gasteiger partial charge on any atom is -0.336 e. The fourth-order valence-corrected chi connectivity index (χ4v) is 4.46. The molecule has 0 unspecified atom stereocenters. The van der Waals surface area contributed by atoms with Gasteiger partial charge in [0.15, 0.2) is 0 Å². The van der Waals surface area contributed by atoms with E-state index >= 15 is 0 Å². The lowest BCUT2D eigenvalue weighted by Crippen LogP contribution is -2.48. The van der Waals surface area contributed by atoms with Gasteiger partial charge in [-0.15, -0.1) is 0 Å². The standard InChI is InChI=1S/C27H24ClFN4O/c28-24-12-7-13-25(29)22(24)18-31-14-16-32(17-15-31)27(34)23-19-33(21-10-5-2-6-11-21)30-26(23)20-8-3-1-4-9-20/h1-13,19H,14-18H2. The van der Waals surface area contributed by atoms with Crippen molar-refractivity contribution in [2.45, 2.75) is 6.54 Å². The van der Waals surface area contributed by atoms with E-state index in [0.29, 0.717) is 54.6 Å². The minimum atomic E-state index is -0.299. The molecule has 0 aliphatic carbocycles. The van der Waals surface area contributed by atoms with Gasteiger partial charge in [0, 0.05) is 55.1 Å². The Bertz CT molecular complexity index is 1260. The second-order valence-corrected chi connectivity index (χ2v) is 8.71. The van der Waals surface area contributed by atoms with Crippen LogP contribution in [0.15, 0.2) is 85.1 Å². The van der Waals surface area contributed by atoms with Gasteiger partial charge in [0.05, 0.1) is 11.3 Å². The molecule has 0 saturated carbocycles. The largest absolute Gasteiger partial charge is 0.336 e. The topological polar surface area (TPSA) is 41.4 Å². The van der Waals surface area contributed by atoms with Gasteiger partial charge in [0.2, 0.25) is 0 Å². The van der Waals surface area contributed by atoms with E-state index in [4.69, 9.17) is 16.7 Å². The summed E-state index contributed by atoms with van der Waals surface area (Å²) in [5.41, 5.74) is 3.52. The highest BCUT2D eigenvalue weighted by atomic mass is 35.5. The Balaban J connectivity index is 1.36. The summed E-state index contributed by atoms with van der Waals surface area (Å²) >= 11 is 6.20. The number of amides is 1. The Labute approximate surface area is 203 Å². The number of hydrogen-bond acceptors (Lipinski definition) is 3. The van der Waals surface area contributed by atoms with E-state index in [1.54, 1.807) is 16.8 Å². The fourth-order valence-electron chi connectivity index (χ4n) is 4.24. The van der Waals surface area contributed by atoms with Gasteiger partial charge in [-0.25, -0.2) is 9.07 Å². The predicted molar refractivity (Wildman–Crippen MR) is 132 cm³/mol. The summed E-state index contributed by atoms with van der Waals surface area (Å²) in [5, 5.41) is 5.19. The van der Waals surface area contributed by atoms with Crippen LogP contribution in [0.5, 0.6) is 0 Å². The summed E-state index contributed by atoms with van der Waals surface area (Å²) in [6, 6.07) is 24.3. The van der Waals surface area contributed by atoms with E-state index in [1.807, 2.05) is 71.8 Å². The van der Waals surface area contributed by atoms with Crippen molar-refractivity contribution in [1.29, 1.82) is 0 Å². The van der Waals surface area contributed by atoms with Crippen LogP contribution < -0.4 is 0 Å². The zero-order chi connectivity index (χ0) is 23.5. The number of hydrogen-bond donors (Lipinski definition) is 0. The van der Waals surface area contributed by atoms with Crippen molar-refractivity contribution >= 4 is 17.5 Å². The molecule has 1 aliphatic rings. The Morgan fingerprint density at radius 2 is 1.56 bits per heavy atom. The predicted octanol–water partition coefficient (Wildman–Crippen LogP) is 5.29. The molecule has 0 bridgehead atoms. The Morgan fingerprint density at radius 1 is 0.882 bits per heavy atom. The maximum Gasteiger partial charge on any atom is 0.257 e. The van der Waals surface area contributed by atoms with Crippen LogP contribution in [0, 0.1) is 5.82 Å². The van der Waals surface area contributed by atoms with Gasteiger partial charge in [0.25, 0.3) is 5.91 Å². The summed E-state index contributed by atoms with van der Waals surface area (Å²) in [7, 11) is 0. The summed E-state index contributed by atoms with van der Waals surface area (Å²) in [6.45, 7) is 2.81. The van der Waals surface area contributed by atoms with Gasteiger partial charge in [-0.2, -0.15) is 5.10 Å². The molecule has 172 valence electrons. The molecule has 1 aromatic heterocycles. The molecule has 0 N–H and O–H groups in total. The first kappa shape index (κ1) is 22.3. The van der Waals surface area contributed by atoms with Crippen molar-refractivity contribution in [3.63, 3.8) is 0 Å². The molecule has 0 radical (unpaired) electrons. The van der Waals surface area contributed by atoms with Crippen LogP contribution >= 0.6 is 11.6 Å². The van der Waals surface area contributed by atoms with Crippen LogP contribution in [-0.4, -0.2) is 51.7 Å². The van der Waals surface area contributed by atoms with E-state index in [0.717, 1.165) is 11.3 Å². The first-order valence-electron chi connectivity index (χ1n) is 11.2. The highest BCUT2D eigenvalue weighted by Crippen LogP contribution is 2.26. The molecule has 5 rings (SSSR count). The number of piperazine rings is 1. The average molecular weight is 475 g/mol. The third kappa shape index (κ3) is 4.60. The molecule has 1 amide bonds. The quantitative estimate of drug-likeness (QED) is 0.394. The van der Waals surface area contributed by atoms with Crippen LogP contribution in [0.2, 0.25) is 5.02 Å². The van der Waals surface area contributed by atoms with Crippen molar-refractivity contribution < 1.29 is 9.18 Å². The molecule has 5 nitrogen and oxygen atoms in total. The number of carbonyl (C=O) groups is 1. The number of aromatic nitrogens is 2. The number of benzene rings is 3. The Kier molecular flexibility index (Phi) is 6.43. The van der Waals surface area contributed by atoms with E-state index in [1.165, 1.54) is 6.07 Å². The van der Waals surface area contributed by atoms with Crippen LogP contribution in [0.4, 0.5) is 4.39 Å². The lowest BCUT2D eigenvalue weighted by molar-refractivity contribution is 0.0627. The second kappa shape index (κ2) is 9.79. The number of para-hydroxylation sites is 1. The number of rotatable bonds is 5. The summed E-state index contributed by atoms with van der Waals surface area (Å²) < 4.78 is 16.0. The number of halogens is 2. The Hall–Kier alpha value is -3.48. The molecule has 1 fully saturated rings. The van der Waals surface area contributed by atoms with Gasteiger partial charge >= 0.3 is 0 Å². The number of carbonyl (C=O) groups excluding carboxylic acids is 1. The van der Waals surface area contributed by atoms with Crippen molar-refractivity contribution in [1.82, 2.24) is 19.6 Å². The van der Waals surface area contributed by atoms with Crippen LogP contribution in [0.1, 0.15) is 15.9 Å². The maximum absolute atomic E-state index is 14.2. The van der Waals surface area contributed by atoms with E-state index in [-0.39, 0.29) is 11.7 Å².